The Balaban J connectivity index is 2.01. The van der Waals surface area contributed by atoms with E-state index in [1.165, 1.54) is 24.3 Å². The molecule has 0 spiro atoms. The molecule has 0 fully saturated rings. The largest absolute Gasteiger partial charge is 0.478 e. The minimum absolute atomic E-state index is 0.200. The number of carboxylic acids is 1. The number of halogens is 1. The second-order valence-corrected chi connectivity index (χ2v) is 5.34. The van der Waals surface area contributed by atoms with Crippen molar-refractivity contribution in [2.75, 3.05) is 0 Å². The summed E-state index contributed by atoms with van der Waals surface area (Å²) in [7, 11) is 0. The molecule has 0 aliphatic heterocycles. The van der Waals surface area contributed by atoms with Gasteiger partial charge in [-0.2, -0.15) is 5.26 Å². The van der Waals surface area contributed by atoms with E-state index in [-0.39, 0.29) is 5.56 Å². The fraction of sp³-hybridized carbons (Fsp3) is 0. The van der Waals surface area contributed by atoms with Gasteiger partial charge < -0.3 is 9.67 Å². The predicted octanol–water partition coefficient (Wildman–Crippen LogP) is 4.38. The Labute approximate surface area is 143 Å². The van der Waals surface area contributed by atoms with E-state index in [0.29, 0.717) is 11.1 Å². The van der Waals surface area contributed by atoms with Crippen LogP contribution in [0.25, 0.3) is 17.3 Å². The van der Waals surface area contributed by atoms with Crippen LogP contribution in [0.3, 0.4) is 0 Å². The fourth-order valence-corrected chi connectivity index (χ4v) is 2.50. The lowest BCUT2D eigenvalue weighted by molar-refractivity contribution is 0.0697. The molecule has 0 radical (unpaired) electrons. The third-order valence-corrected chi connectivity index (χ3v) is 3.72. The molecule has 0 aliphatic carbocycles. The quantitative estimate of drug-likeness (QED) is 0.721. The Morgan fingerprint density at radius 3 is 2.48 bits per heavy atom. The van der Waals surface area contributed by atoms with Gasteiger partial charge in [0.15, 0.2) is 0 Å². The number of allylic oxidation sites excluding steroid dienone is 1. The lowest BCUT2D eigenvalue weighted by Crippen LogP contribution is -1.99. The molecular weight excluding hydrogens is 319 g/mol. The van der Waals surface area contributed by atoms with Gasteiger partial charge in [-0.15, -0.1) is 0 Å². The summed E-state index contributed by atoms with van der Waals surface area (Å²) in [6, 6.07) is 18.0. The van der Waals surface area contributed by atoms with Gasteiger partial charge >= 0.3 is 5.97 Å². The number of nitriles is 1. The van der Waals surface area contributed by atoms with Gasteiger partial charge in [0, 0.05) is 17.6 Å². The van der Waals surface area contributed by atoms with Crippen LogP contribution in [0.2, 0.25) is 0 Å². The van der Waals surface area contributed by atoms with E-state index in [4.69, 9.17) is 5.11 Å². The molecule has 0 atom stereocenters. The molecule has 1 heterocycles. The summed E-state index contributed by atoms with van der Waals surface area (Å²) < 4.78 is 15.2. The van der Waals surface area contributed by atoms with Crippen LogP contribution in [0.5, 0.6) is 0 Å². The van der Waals surface area contributed by atoms with Crippen LogP contribution in [0.4, 0.5) is 4.39 Å². The summed E-state index contributed by atoms with van der Waals surface area (Å²) in [5, 5.41) is 18.4. The van der Waals surface area contributed by atoms with E-state index in [2.05, 4.69) is 6.07 Å². The van der Waals surface area contributed by atoms with Gasteiger partial charge in [0.25, 0.3) is 0 Å². The summed E-state index contributed by atoms with van der Waals surface area (Å²) in [5.74, 6) is -1.39. The van der Waals surface area contributed by atoms with E-state index < -0.39 is 11.8 Å². The van der Waals surface area contributed by atoms with Crippen molar-refractivity contribution in [2.45, 2.75) is 0 Å². The van der Waals surface area contributed by atoms with Crippen LogP contribution in [0.15, 0.2) is 66.9 Å². The van der Waals surface area contributed by atoms with Gasteiger partial charge in [-0.05, 0) is 60.2 Å². The zero-order chi connectivity index (χ0) is 17.8. The average Bonchev–Trinajstić information content (AvgIpc) is 3.08. The second kappa shape index (κ2) is 6.85. The van der Waals surface area contributed by atoms with Crippen molar-refractivity contribution in [3.05, 3.63) is 89.5 Å². The minimum Gasteiger partial charge on any atom is -0.478 e. The van der Waals surface area contributed by atoms with Gasteiger partial charge in [-0.1, -0.05) is 12.1 Å². The number of nitrogens with zero attached hydrogens (tertiary/aromatic N) is 2. The number of benzene rings is 2. The van der Waals surface area contributed by atoms with Gasteiger partial charge in [0.05, 0.1) is 17.2 Å². The second-order valence-electron chi connectivity index (χ2n) is 5.34. The Hall–Kier alpha value is -3.65. The monoisotopic (exact) mass is 332 g/mol. The predicted molar refractivity (Wildman–Crippen MR) is 92.6 cm³/mol. The molecule has 0 unspecified atom stereocenters. The van der Waals surface area contributed by atoms with Crippen molar-refractivity contribution in [3.8, 4) is 11.8 Å². The van der Waals surface area contributed by atoms with Crippen LogP contribution in [0, 0.1) is 17.1 Å². The topological polar surface area (TPSA) is 66.0 Å². The van der Waals surface area contributed by atoms with Crippen LogP contribution in [0.1, 0.15) is 21.6 Å². The van der Waals surface area contributed by atoms with Gasteiger partial charge in [-0.25, -0.2) is 9.18 Å². The highest BCUT2D eigenvalue weighted by Crippen LogP contribution is 2.21. The number of hydrogen-bond donors (Lipinski definition) is 1. The molecule has 122 valence electrons. The van der Waals surface area contributed by atoms with E-state index in [9.17, 15) is 14.4 Å². The summed E-state index contributed by atoms with van der Waals surface area (Å²) in [4.78, 5) is 11.0. The highest BCUT2D eigenvalue weighted by molar-refractivity contribution is 5.89. The molecule has 3 rings (SSSR count). The maximum Gasteiger partial charge on any atom is 0.335 e. The summed E-state index contributed by atoms with van der Waals surface area (Å²) in [6.07, 6.45) is 3.47. The normalized spacial score (nSPS) is 11.1. The van der Waals surface area contributed by atoms with Crippen LogP contribution in [-0.2, 0) is 0 Å². The van der Waals surface area contributed by atoms with Crippen molar-refractivity contribution in [1.29, 1.82) is 5.26 Å². The molecule has 1 N–H and O–H groups in total. The van der Waals surface area contributed by atoms with Crippen molar-refractivity contribution in [1.82, 2.24) is 4.57 Å². The zero-order valence-corrected chi connectivity index (χ0v) is 13.1. The number of aromatic nitrogens is 1. The fourth-order valence-electron chi connectivity index (χ4n) is 2.50. The standard InChI is InChI=1S/C20H13FN2O2/c21-17-4-1-3-15(11-17)16(13-22)12-19-5-2-10-23(19)18-8-6-14(7-9-18)20(24)25/h1-12H,(H,24,25). The summed E-state index contributed by atoms with van der Waals surface area (Å²) >= 11 is 0. The number of hydrogen-bond acceptors (Lipinski definition) is 2. The van der Waals surface area contributed by atoms with E-state index in [1.807, 2.05) is 22.9 Å². The highest BCUT2D eigenvalue weighted by Gasteiger charge is 2.07. The molecule has 0 aliphatic rings. The molecule has 4 nitrogen and oxygen atoms in total. The Kier molecular flexibility index (Phi) is 4.44. The number of aromatic carboxylic acids is 1. The van der Waals surface area contributed by atoms with Gasteiger partial charge in [-0.3, -0.25) is 0 Å². The molecular formula is C20H13FN2O2. The average molecular weight is 332 g/mol. The number of carboxylic acid groups (broad SMARTS) is 1. The van der Waals surface area contributed by atoms with Crippen LogP contribution in [-0.4, -0.2) is 15.6 Å². The number of rotatable bonds is 4. The van der Waals surface area contributed by atoms with Crippen LogP contribution < -0.4 is 0 Å². The molecule has 1 aromatic heterocycles. The van der Waals surface area contributed by atoms with Crippen molar-refractivity contribution in [3.63, 3.8) is 0 Å². The Morgan fingerprint density at radius 1 is 1.08 bits per heavy atom. The van der Waals surface area contributed by atoms with Gasteiger partial charge in [0.1, 0.15) is 5.82 Å². The summed E-state index contributed by atoms with van der Waals surface area (Å²) in [6.45, 7) is 0. The maximum atomic E-state index is 13.4. The Bertz CT molecular complexity index is 995. The van der Waals surface area contributed by atoms with E-state index in [0.717, 1.165) is 11.4 Å². The first-order valence-electron chi connectivity index (χ1n) is 7.47. The molecule has 2 aromatic carbocycles. The highest BCUT2D eigenvalue weighted by atomic mass is 19.1. The van der Waals surface area contributed by atoms with Crippen LogP contribution >= 0.6 is 0 Å². The molecule has 0 saturated heterocycles. The molecule has 0 amide bonds. The van der Waals surface area contributed by atoms with Crippen molar-refractivity contribution >= 4 is 17.6 Å². The lowest BCUT2D eigenvalue weighted by atomic mass is 10.1. The van der Waals surface area contributed by atoms with E-state index >= 15 is 0 Å². The van der Waals surface area contributed by atoms with Gasteiger partial charge in [0.2, 0.25) is 0 Å². The first-order valence-corrected chi connectivity index (χ1v) is 7.47. The third kappa shape index (κ3) is 3.48. The molecule has 0 saturated carbocycles. The molecule has 25 heavy (non-hydrogen) atoms. The maximum absolute atomic E-state index is 13.4. The van der Waals surface area contributed by atoms with E-state index in [1.54, 1.807) is 30.3 Å². The van der Waals surface area contributed by atoms with Crippen molar-refractivity contribution in [2.24, 2.45) is 0 Å². The van der Waals surface area contributed by atoms with Crippen molar-refractivity contribution < 1.29 is 14.3 Å². The lowest BCUT2D eigenvalue weighted by Gasteiger charge is -2.08. The zero-order valence-electron chi connectivity index (χ0n) is 13.1. The number of carbonyl (C=O) groups is 1. The molecule has 5 heteroatoms. The molecule has 0 bridgehead atoms. The third-order valence-electron chi connectivity index (χ3n) is 3.72. The SMILES string of the molecule is N#CC(=Cc1cccn1-c1ccc(C(=O)O)cc1)c1cccc(F)c1. The minimum atomic E-state index is -0.989. The first kappa shape index (κ1) is 16.2. The first-order chi connectivity index (χ1) is 12.1. The Morgan fingerprint density at radius 2 is 1.84 bits per heavy atom. The summed E-state index contributed by atoms with van der Waals surface area (Å²) in [5.41, 5.74) is 2.52. The molecule has 3 aromatic rings. The smallest absolute Gasteiger partial charge is 0.335 e.